The van der Waals surface area contributed by atoms with Crippen LogP contribution in [0.3, 0.4) is 0 Å². The summed E-state index contributed by atoms with van der Waals surface area (Å²) in [6.07, 6.45) is 0.401. The third-order valence-electron chi connectivity index (χ3n) is 18.5. The van der Waals surface area contributed by atoms with Gasteiger partial charge < -0.3 is 60.7 Å². The number of hydrogen-bond donors (Lipinski definition) is 5. The molecule has 0 bridgehead atoms. The molecule has 5 N–H and O–H groups in total. The Kier molecular flexibility index (Phi) is 33.7. The molecule has 1 aromatic rings. The van der Waals surface area contributed by atoms with Gasteiger partial charge in [-0.15, -0.1) is 0 Å². The van der Waals surface area contributed by atoms with Crippen molar-refractivity contribution in [3.63, 3.8) is 0 Å². The number of carbonyl (C=O) groups is 12. The Balaban J connectivity index is 2.99. The van der Waals surface area contributed by atoms with Crippen molar-refractivity contribution >= 4 is 70.8 Å². The molecule has 13 atom stereocenters. The molecule has 24 heteroatoms. The van der Waals surface area contributed by atoms with E-state index in [4.69, 9.17) is 0 Å². The lowest BCUT2D eigenvalue weighted by Crippen LogP contribution is -2.64. The van der Waals surface area contributed by atoms with Crippen LogP contribution in [-0.2, 0) is 52.7 Å². The molecule has 1 heterocycles. The number of rotatable bonds is 19. The number of likely N-dealkylation sites (N-methyl/N-ethyl adjacent to an activating group) is 7. The van der Waals surface area contributed by atoms with Gasteiger partial charge in [-0.2, -0.15) is 0 Å². The molecule has 0 unspecified atom stereocenters. The first-order valence-corrected chi connectivity index (χ1v) is 34.3. The molecule has 95 heavy (non-hydrogen) atoms. The van der Waals surface area contributed by atoms with E-state index in [9.17, 15) is 43.5 Å². The fourth-order valence-electron chi connectivity index (χ4n) is 12.3. The number of aryl methyl sites for hydroxylation is 1. The van der Waals surface area contributed by atoms with Crippen molar-refractivity contribution in [2.24, 2.45) is 41.4 Å². The quantitative estimate of drug-likeness (QED) is 0.0853. The number of benzene rings is 1. The third-order valence-corrected chi connectivity index (χ3v) is 18.5. The molecule has 1 aromatic carbocycles. The van der Waals surface area contributed by atoms with Crippen LogP contribution in [0.15, 0.2) is 24.3 Å². The van der Waals surface area contributed by atoms with Gasteiger partial charge in [0.1, 0.15) is 66.5 Å². The lowest BCUT2D eigenvalue weighted by molar-refractivity contribution is -0.157. The Hall–Kier alpha value is -6.98. The van der Waals surface area contributed by atoms with Gasteiger partial charge in [-0.1, -0.05) is 127 Å². The van der Waals surface area contributed by atoms with Crippen LogP contribution < -0.4 is 21.3 Å². The second-order valence-corrected chi connectivity index (χ2v) is 29.2. The molecule has 1 fully saturated rings. The normalized spacial score (nSPS) is 26.0. The summed E-state index contributed by atoms with van der Waals surface area (Å²) in [5, 5.41) is 23.5. The summed E-state index contributed by atoms with van der Waals surface area (Å²) in [6, 6.07) is -6.63. The molecule has 0 aromatic heterocycles. The van der Waals surface area contributed by atoms with E-state index in [1.54, 1.807) is 47.6 Å². The molecular weight excluding hydrogens is 1210 g/mol. The zero-order valence-electron chi connectivity index (χ0n) is 62.1. The van der Waals surface area contributed by atoms with Crippen molar-refractivity contribution in [2.45, 2.75) is 255 Å². The zero-order chi connectivity index (χ0) is 73.1. The highest BCUT2D eigenvalue weighted by molar-refractivity contribution is 6.00. The van der Waals surface area contributed by atoms with E-state index in [-0.39, 0.29) is 68.0 Å². The van der Waals surface area contributed by atoms with Gasteiger partial charge in [0, 0.05) is 61.3 Å². The van der Waals surface area contributed by atoms with Gasteiger partial charge >= 0.3 is 0 Å². The molecule has 1 aliphatic heterocycles. The number of hydrogen-bond acceptors (Lipinski definition) is 13. The van der Waals surface area contributed by atoms with E-state index in [2.05, 4.69) is 21.3 Å². The average molecular weight is 1340 g/mol. The van der Waals surface area contributed by atoms with Crippen LogP contribution in [0.1, 0.15) is 191 Å². The molecular formula is C71H121N11O13. The fourth-order valence-corrected chi connectivity index (χ4v) is 12.3. The van der Waals surface area contributed by atoms with Gasteiger partial charge in [-0.3, -0.25) is 57.5 Å². The zero-order valence-corrected chi connectivity index (χ0v) is 62.1. The number of nitrogens with one attached hydrogen (secondary N) is 4. The van der Waals surface area contributed by atoms with Crippen LogP contribution in [0.4, 0.5) is 0 Å². The molecule has 2 rings (SSSR count). The molecule has 0 spiro atoms. The Bertz CT molecular complexity index is 2810. The van der Waals surface area contributed by atoms with Gasteiger partial charge in [0.15, 0.2) is 5.78 Å². The highest BCUT2D eigenvalue weighted by Crippen LogP contribution is 2.27. The van der Waals surface area contributed by atoms with Crippen LogP contribution >= 0.6 is 0 Å². The molecule has 1 saturated heterocycles. The van der Waals surface area contributed by atoms with E-state index in [1.807, 2.05) is 80.5 Å². The van der Waals surface area contributed by atoms with Crippen molar-refractivity contribution in [1.82, 2.24) is 55.6 Å². The maximum Gasteiger partial charge on any atom is 0.246 e. The SMILES string of the molecule is CC[C@@H]1NC(=O)[C@H]([C@H](O)[C@H](C)CCCCC(=O)c2cccc(C)c2)N(C)C(=O)[C@H](C(C)C)N(C)C(=O)[C@H](CC(C)C)N(C)C(=O)[C@H](CC(C)C)N(C)C(=O)[C@@H](C)NC(=O)[C@H](C)NC(=O)[C@H](CC(C)C)N(C)C(=O)[C@H](C(C)C)NC(=O)[C@H](CC(C)C)N(C)C(=O)[C@@H](C)N(C)C1=O. The number of Topliss-reactive ketones (excluding diaryl/α,β-unsaturated/α-hetero) is 1. The third kappa shape index (κ3) is 23.4. The number of aliphatic hydroxyl groups is 1. The summed E-state index contributed by atoms with van der Waals surface area (Å²) >= 11 is 0. The topological polar surface area (TPSA) is 296 Å². The van der Waals surface area contributed by atoms with Crippen LogP contribution in [0.25, 0.3) is 0 Å². The summed E-state index contributed by atoms with van der Waals surface area (Å²) in [5.74, 6) is -10.2. The van der Waals surface area contributed by atoms with Crippen molar-refractivity contribution in [3.8, 4) is 0 Å². The number of unbranched alkanes of at least 4 members (excludes halogenated alkanes) is 1. The highest BCUT2D eigenvalue weighted by Gasteiger charge is 2.46. The number of ketones is 1. The Morgan fingerprint density at radius 1 is 0.463 bits per heavy atom. The average Bonchev–Trinajstić information content (AvgIpc) is 0.825. The van der Waals surface area contributed by atoms with E-state index < -0.39 is 155 Å². The summed E-state index contributed by atoms with van der Waals surface area (Å²) in [4.78, 5) is 184. The second kappa shape index (κ2) is 38.1. The van der Waals surface area contributed by atoms with E-state index >= 15 is 19.2 Å². The predicted octanol–water partition coefficient (Wildman–Crippen LogP) is 5.44. The minimum Gasteiger partial charge on any atom is -0.390 e. The van der Waals surface area contributed by atoms with Crippen molar-refractivity contribution < 1.29 is 62.6 Å². The standard InChI is InChI=1S/C71H121N11O13/c1-26-51-67(91)76(19)49(18)66(90)77(20)53(35-40(4)5)63(87)75-57(43(10)11)70(94)78(21)52(34-39(2)3)62(86)72-47(16)61(85)73-48(17)65(89)79(22)54(36-41(6)7)68(92)80(23)55(37-42(8)9)69(93)81(24)58(44(12)13)71(95)82(25)59(64(88)74-51)60(84)46(15)31-27-28-33-56(83)50-32-29-30-45(14)38-50/h29-30,32,38-44,46-49,51-55,57-60,84H,26-28,31,33-37H2,1-25H3,(H,72,86)(H,73,85)(H,74,88)(H,75,87)/t46-,47+,48-,49-,51+,52+,53+,54+,55+,57+,58+,59+,60-/m1/s1. The van der Waals surface area contributed by atoms with Crippen LogP contribution in [-0.4, -0.2) is 232 Å². The van der Waals surface area contributed by atoms with Gasteiger partial charge in [0.2, 0.25) is 65.0 Å². The fraction of sp³-hybridized carbons (Fsp3) is 0.746. The molecule has 24 nitrogen and oxygen atoms in total. The first kappa shape index (κ1) is 84.1. The lowest BCUT2D eigenvalue weighted by Gasteiger charge is -2.41. The van der Waals surface area contributed by atoms with Crippen molar-refractivity contribution in [2.75, 3.05) is 49.3 Å². The van der Waals surface area contributed by atoms with Gasteiger partial charge in [0.25, 0.3) is 0 Å². The molecule has 1 aliphatic rings. The van der Waals surface area contributed by atoms with E-state index in [0.29, 0.717) is 24.8 Å². The number of nitrogens with zero attached hydrogens (tertiary/aromatic N) is 7. The minimum atomic E-state index is -1.68. The van der Waals surface area contributed by atoms with Crippen LogP contribution in [0.5, 0.6) is 0 Å². The predicted molar refractivity (Wildman–Crippen MR) is 368 cm³/mol. The van der Waals surface area contributed by atoms with Gasteiger partial charge in [-0.05, 0) is 120 Å². The first-order valence-electron chi connectivity index (χ1n) is 34.3. The van der Waals surface area contributed by atoms with Crippen LogP contribution in [0, 0.1) is 48.3 Å². The summed E-state index contributed by atoms with van der Waals surface area (Å²) < 4.78 is 0. The number of amides is 11. The number of carbonyl (C=O) groups excluding carboxylic acids is 12. The molecule has 0 saturated carbocycles. The maximum absolute atomic E-state index is 15.4. The summed E-state index contributed by atoms with van der Waals surface area (Å²) in [7, 11) is 9.91. The highest BCUT2D eigenvalue weighted by atomic mass is 16.3. The maximum atomic E-state index is 15.4. The minimum absolute atomic E-state index is 0.0157. The monoisotopic (exact) mass is 1340 g/mol. The summed E-state index contributed by atoms with van der Waals surface area (Å²) in [6.45, 7) is 31.4. The molecule has 0 radical (unpaired) electrons. The van der Waals surface area contributed by atoms with Gasteiger partial charge in [-0.25, -0.2) is 0 Å². The van der Waals surface area contributed by atoms with Crippen molar-refractivity contribution in [1.29, 1.82) is 0 Å². The smallest absolute Gasteiger partial charge is 0.246 e. The van der Waals surface area contributed by atoms with Gasteiger partial charge in [0.05, 0.1) is 6.10 Å². The molecule has 11 amide bonds. The summed E-state index contributed by atoms with van der Waals surface area (Å²) in [5.41, 5.74) is 1.52. The number of aliphatic hydroxyl groups excluding tert-OH is 1. The van der Waals surface area contributed by atoms with Crippen LogP contribution in [0.2, 0.25) is 0 Å². The van der Waals surface area contributed by atoms with E-state index in [1.165, 1.54) is 94.6 Å². The lowest BCUT2D eigenvalue weighted by atomic mass is 9.89. The molecule has 0 aliphatic carbocycles. The molecule has 538 valence electrons. The first-order chi connectivity index (χ1) is 44.0. The second-order valence-electron chi connectivity index (χ2n) is 29.2. The Morgan fingerprint density at radius 3 is 1.38 bits per heavy atom. The van der Waals surface area contributed by atoms with E-state index in [0.717, 1.165) is 15.4 Å². The largest absolute Gasteiger partial charge is 0.390 e. The van der Waals surface area contributed by atoms with Crippen molar-refractivity contribution in [3.05, 3.63) is 35.4 Å². The Labute approximate surface area is 567 Å². The Morgan fingerprint density at radius 2 is 0.905 bits per heavy atom.